The SMILES string of the molecule is CC(C)(C)c1ccc2c(c1)c1cc(C(C)(C)C)ccc1n2-c1ccc2c(c1)N(c1c(-c3ccccc3)cccc1-c1ccccc1)c1cc(C3CCCCC3)cc3c1B2c1ccc(-c2ccccc2)cc1N3c1c(-c2ccccc2)cccc1-c1ccccc1. The molecule has 4 heteroatoms. The summed E-state index contributed by atoms with van der Waals surface area (Å²) in [7, 11) is 0. The number of aromatic nitrogens is 1. The first-order valence-corrected chi connectivity index (χ1v) is 32.6. The van der Waals surface area contributed by atoms with Gasteiger partial charge in [-0.1, -0.05) is 279 Å². The van der Waals surface area contributed by atoms with E-state index in [9.17, 15) is 0 Å². The van der Waals surface area contributed by atoms with Crippen LogP contribution in [0.1, 0.15) is 96.3 Å². The Hall–Kier alpha value is -9.90. The lowest BCUT2D eigenvalue weighted by Crippen LogP contribution is -2.61. The third kappa shape index (κ3) is 9.41. The van der Waals surface area contributed by atoms with Gasteiger partial charge in [-0.3, -0.25) is 0 Å². The molecule has 0 bridgehead atoms. The summed E-state index contributed by atoms with van der Waals surface area (Å²) in [6, 6.07) is 104. The van der Waals surface area contributed by atoms with Crippen molar-refractivity contribution in [1.29, 1.82) is 0 Å². The summed E-state index contributed by atoms with van der Waals surface area (Å²) >= 11 is 0. The standard InChI is InChI=1S/C86H74BN3/c1-85(2,3)65-44-49-76-72(54-65)73-55-66(86(4,5)6)45-50-77(73)88(76)67-46-48-75-79(56-67)90(84-70(61-35-21-11-22-36-61)41-26-42-71(84)62-37-23-12-24-38-62)81-53-64(58-29-15-8-16-30-58)52-80-82(81)87(75)74-47-43-63(57-27-13-7-14-28-57)51-78(74)89(80)83-68(59-31-17-9-18-32-59)39-25-40-69(83)60-33-19-10-20-34-60/h7,9-14,17-28,31-56,58H,8,15-16,29-30H2,1-6H3. The van der Waals surface area contributed by atoms with Crippen molar-refractivity contribution in [2.45, 2.75) is 90.4 Å². The minimum atomic E-state index is -0.137. The second-order valence-electron chi connectivity index (χ2n) is 27.5. The van der Waals surface area contributed by atoms with E-state index in [-0.39, 0.29) is 17.5 Å². The van der Waals surface area contributed by atoms with Crippen LogP contribution in [0.25, 0.3) is 83.1 Å². The van der Waals surface area contributed by atoms with Gasteiger partial charge in [0.25, 0.3) is 6.71 Å². The first kappa shape index (κ1) is 55.4. The average Bonchev–Trinajstić information content (AvgIpc) is 0.744. The van der Waals surface area contributed by atoms with Crippen LogP contribution in [0.15, 0.2) is 273 Å². The highest BCUT2D eigenvalue weighted by Gasteiger charge is 2.46. The van der Waals surface area contributed by atoms with Gasteiger partial charge in [0.15, 0.2) is 0 Å². The molecule has 13 aromatic rings. The molecule has 1 fully saturated rings. The monoisotopic (exact) mass is 1160 g/mol. The number of benzene rings is 12. The Balaban J connectivity index is 1.07. The second-order valence-corrected chi connectivity index (χ2v) is 27.5. The number of hydrogen-bond acceptors (Lipinski definition) is 2. The molecular weight excluding hydrogens is 1090 g/mol. The molecule has 3 nitrogen and oxygen atoms in total. The molecule has 1 saturated carbocycles. The number of hydrogen-bond donors (Lipinski definition) is 0. The Morgan fingerprint density at radius 3 is 1.16 bits per heavy atom. The van der Waals surface area contributed by atoms with E-state index in [0.29, 0.717) is 5.92 Å². The summed E-state index contributed by atoms with van der Waals surface area (Å²) in [6.07, 6.45) is 6.03. The van der Waals surface area contributed by atoms with E-state index in [2.05, 4.69) is 329 Å². The molecule has 0 amide bonds. The minimum absolute atomic E-state index is 0.0254. The summed E-state index contributed by atoms with van der Waals surface area (Å²) in [5.74, 6) is 0.386. The van der Waals surface area contributed by atoms with E-state index in [1.54, 1.807) is 0 Å². The molecule has 90 heavy (non-hydrogen) atoms. The fourth-order valence-corrected chi connectivity index (χ4v) is 15.3. The first-order chi connectivity index (χ1) is 43.9. The first-order valence-electron chi connectivity index (χ1n) is 32.6. The maximum Gasteiger partial charge on any atom is 0.252 e. The summed E-state index contributed by atoms with van der Waals surface area (Å²) in [5, 5.41) is 2.57. The van der Waals surface area contributed by atoms with Gasteiger partial charge in [-0.2, -0.15) is 0 Å². The van der Waals surface area contributed by atoms with Gasteiger partial charge in [-0.25, -0.2) is 0 Å². The highest BCUT2D eigenvalue weighted by Crippen LogP contribution is 2.55. The molecule has 3 aliphatic rings. The quantitative estimate of drug-likeness (QED) is 0.133. The normalized spacial score (nSPS) is 14.0. The molecule has 3 heterocycles. The van der Waals surface area contributed by atoms with Crippen LogP contribution in [-0.2, 0) is 10.8 Å². The molecule has 1 aliphatic carbocycles. The van der Waals surface area contributed by atoms with Gasteiger partial charge in [-0.15, -0.1) is 0 Å². The van der Waals surface area contributed by atoms with Crippen LogP contribution in [0.3, 0.4) is 0 Å². The van der Waals surface area contributed by atoms with Crippen molar-refractivity contribution in [2.75, 3.05) is 9.80 Å². The zero-order chi connectivity index (χ0) is 60.8. The van der Waals surface area contributed by atoms with Crippen LogP contribution in [0.5, 0.6) is 0 Å². The minimum Gasteiger partial charge on any atom is -0.310 e. The van der Waals surface area contributed by atoms with E-state index >= 15 is 0 Å². The van der Waals surface area contributed by atoms with E-state index < -0.39 is 0 Å². The van der Waals surface area contributed by atoms with E-state index in [1.165, 1.54) is 164 Å². The third-order valence-electron chi connectivity index (χ3n) is 19.9. The Labute approximate surface area is 531 Å². The Morgan fingerprint density at radius 2 is 0.733 bits per heavy atom. The van der Waals surface area contributed by atoms with Gasteiger partial charge in [0.05, 0.1) is 22.4 Å². The van der Waals surface area contributed by atoms with Crippen molar-refractivity contribution < 1.29 is 0 Å². The van der Waals surface area contributed by atoms with Crippen LogP contribution >= 0.6 is 0 Å². The lowest BCUT2D eigenvalue weighted by atomic mass is 9.33. The Bertz CT molecular complexity index is 4690. The fraction of sp³-hybridized carbons (Fsp3) is 0.163. The van der Waals surface area contributed by atoms with Crippen LogP contribution in [0.4, 0.5) is 34.1 Å². The third-order valence-corrected chi connectivity index (χ3v) is 19.9. The zero-order valence-electron chi connectivity index (χ0n) is 52.5. The van der Waals surface area contributed by atoms with Gasteiger partial charge in [0, 0.05) is 61.5 Å². The van der Waals surface area contributed by atoms with Crippen molar-refractivity contribution in [3.8, 4) is 61.3 Å². The van der Waals surface area contributed by atoms with Gasteiger partial charge in [-0.05, 0) is 151 Å². The Morgan fingerprint density at radius 1 is 0.333 bits per heavy atom. The highest BCUT2D eigenvalue weighted by atomic mass is 15.2. The van der Waals surface area contributed by atoms with Gasteiger partial charge in [0.2, 0.25) is 0 Å². The molecular formula is C86H74BN3. The number of anilines is 6. The smallest absolute Gasteiger partial charge is 0.252 e. The van der Waals surface area contributed by atoms with Gasteiger partial charge in [0.1, 0.15) is 0 Å². The van der Waals surface area contributed by atoms with Gasteiger partial charge >= 0.3 is 0 Å². The predicted octanol–water partition coefficient (Wildman–Crippen LogP) is 21.8. The fourth-order valence-electron chi connectivity index (χ4n) is 15.3. The van der Waals surface area contributed by atoms with E-state index in [4.69, 9.17) is 0 Å². The molecule has 436 valence electrons. The molecule has 0 unspecified atom stereocenters. The molecule has 0 N–H and O–H groups in total. The number of para-hydroxylation sites is 2. The average molecular weight is 1160 g/mol. The van der Waals surface area contributed by atoms with Crippen molar-refractivity contribution in [1.82, 2.24) is 4.57 Å². The Kier molecular flexibility index (Phi) is 13.5. The molecule has 16 rings (SSSR count). The van der Waals surface area contributed by atoms with Crippen molar-refractivity contribution in [2.24, 2.45) is 0 Å². The van der Waals surface area contributed by atoms with Crippen molar-refractivity contribution >= 4 is 79.0 Å². The number of nitrogens with zero attached hydrogens (tertiary/aromatic N) is 3. The molecule has 1 aromatic heterocycles. The zero-order valence-corrected chi connectivity index (χ0v) is 52.5. The van der Waals surface area contributed by atoms with E-state index in [0.717, 1.165) is 18.5 Å². The lowest BCUT2D eigenvalue weighted by Gasteiger charge is -2.46. The lowest BCUT2D eigenvalue weighted by molar-refractivity contribution is 0.444. The van der Waals surface area contributed by atoms with Crippen molar-refractivity contribution in [3.63, 3.8) is 0 Å². The molecule has 12 aromatic carbocycles. The van der Waals surface area contributed by atoms with Crippen LogP contribution < -0.4 is 26.2 Å². The highest BCUT2D eigenvalue weighted by molar-refractivity contribution is 7.00. The van der Waals surface area contributed by atoms with Gasteiger partial charge < -0.3 is 14.4 Å². The molecule has 0 atom stereocenters. The second kappa shape index (κ2) is 22.0. The molecule has 0 spiro atoms. The molecule has 0 radical (unpaired) electrons. The van der Waals surface area contributed by atoms with Crippen LogP contribution in [0.2, 0.25) is 0 Å². The topological polar surface area (TPSA) is 11.4 Å². The maximum atomic E-state index is 2.75. The molecule has 2 aliphatic heterocycles. The van der Waals surface area contributed by atoms with Crippen LogP contribution in [-0.4, -0.2) is 11.3 Å². The summed E-state index contributed by atoms with van der Waals surface area (Å²) in [5.41, 5.74) is 30.5. The van der Waals surface area contributed by atoms with Crippen LogP contribution in [0, 0.1) is 0 Å². The summed E-state index contributed by atoms with van der Waals surface area (Å²) in [4.78, 5) is 5.47. The van der Waals surface area contributed by atoms with E-state index in [1.807, 2.05) is 0 Å². The van der Waals surface area contributed by atoms with Crippen molar-refractivity contribution in [3.05, 3.63) is 290 Å². The maximum absolute atomic E-state index is 2.75. The molecule has 0 saturated heterocycles. The number of rotatable bonds is 9. The largest absolute Gasteiger partial charge is 0.310 e. The predicted molar refractivity (Wildman–Crippen MR) is 385 cm³/mol. The summed E-state index contributed by atoms with van der Waals surface area (Å²) < 4.78 is 2.57. The summed E-state index contributed by atoms with van der Waals surface area (Å²) in [6.45, 7) is 13.9. The number of fused-ring (bicyclic) bond motifs is 7.